The van der Waals surface area contributed by atoms with Crippen molar-refractivity contribution >= 4 is 11.6 Å². The third-order valence-electron chi connectivity index (χ3n) is 4.87. The first-order chi connectivity index (χ1) is 8.73. The highest BCUT2D eigenvalue weighted by Gasteiger charge is 2.41. The molecule has 102 valence electrons. The Balaban J connectivity index is 0.000000149. The second kappa shape index (κ2) is 6.49. The molecule has 3 rings (SSSR count). The van der Waals surface area contributed by atoms with Gasteiger partial charge in [-0.15, -0.1) is 0 Å². The quantitative estimate of drug-likeness (QED) is 0.645. The van der Waals surface area contributed by atoms with Crippen molar-refractivity contribution in [2.24, 2.45) is 5.41 Å². The molecule has 2 heteroatoms. The summed E-state index contributed by atoms with van der Waals surface area (Å²) in [5.74, 6) is 1.05. The van der Waals surface area contributed by atoms with Gasteiger partial charge in [0.05, 0.1) is 0 Å². The molecule has 0 bridgehead atoms. The summed E-state index contributed by atoms with van der Waals surface area (Å²) in [6.45, 7) is 0. The van der Waals surface area contributed by atoms with E-state index >= 15 is 0 Å². The Morgan fingerprint density at radius 2 is 1.11 bits per heavy atom. The molecule has 0 aromatic carbocycles. The minimum atomic E-state index is 0.193. The van der Waals surface area contributed by atoms with Gasteiger partial charge in [0.1, 0.15) is 11.6 Å². The highest BCUT2D eigenvalue weighted by Crippen LogP contribution is 2.46. The lowest BCUT2D eigenvalue weighted by molar-refractivity contribution is -0.131. The van der Waals surface area contributed by atoms with Crippen LogP contribution in [0.25, 0.3) is 0 Å². The zero-order valence-corrected chi connectivity index (χ0v) is 11.5. The van der Waals surface area contributed by atoms with Gasteiger partial charge in [0.15, 0.2) is 0 Å². The van der Waals surface area contributed by atoms with Gasteiger partial charge >= 0.3 is 0 Å². The van der Waals surface area contributed by atoms with Gasteiger partial charge in [-0.3, -0.25) is 9.59 Å². The minimum Gasteiger partial charge on any atom is -0.300 e. The molecule has 1 spiro atoms. The largest absolute Gasteiger partial charge is 0.300 e. The summed E-state index contributed by atoms with van der Waals surface area (Å²) in [6.07, 6.45) is 14.8. The second-order valence-electron chi connectivity index (χ2n) is 6.22. The number of carbonyl (C=O) groups excluding carboxylic acids is 2. The molecular weight excluding hydrogens is 224 g/mol. The van der Waals surface area contributed by atoms with E-state index in [0.29, 0.717) is 11.6 Å². The van der Waals surface area contributed by atoms with Gasteiger partial charge in [-0.25, -0.2) is 0 Å². The van der Waals surface area contributed by atoms with Gasteiger partial charge in [-0.05, 0) is 38.5 Å². The molecule has 0 unspecified atom stereocenters. The molecule has 0 N–H and O–H groups in total. The van der Waals surface area contributed by atoms with Crippen LogP contribution in [0.1, 0.15) is 83.5 Å². The highest BCUT2D eigenvalue weighted by molar-refractivity contribution is 5.85. The zero-order chi connectivity index (χ0) is 12.8. The Labute approximate surface area is 111 Å². The molecule has 18 heavy (non-hydrogen) atoms. The third-order valence-corrected chi connectivity index (χ3v) is 4.87. The number of Topliss-reactive ketones (excluding diaryl/α,β-unsaturated/α-hetero) is 2. The molecule has 0 aliphatic heterocycles. The van der Waals surface area contributed by atoms with Crippen LogP contribution in [0.4, 0.5) is 0 Å². The Hall–Kier alpha value is -0.660. The Morgan fingerprint density at radius 3 is 1.61 bits per heavy atom. The van der Waals surface area contributed by atoms with Crippen LogP contribution in [0.2, 0.25) is 0 Å². The minimum absolute atomic E-state index is 0.193. The lowest BCUT2D eigenvalue weighted by Gasteiger charge is -2.31. The van der Waals surface area contributed by atoms with E-state index in [2.05, 4.69) is 0 Å². The van der Waals surface area contributed by atoms with Gasteiger partial charge < -0.3 is 0 Å². The molecule has 0 radical (unpaired) electrons. The zero-order valence-electron chi connectivity index (χ0n) is 11.5. The highest BCUT2D eigenvalue weighted by atomic mass is 16.1. The Bertz CT molecular complexity index is 292. The normalized spacial score (nSPS) is 26.9. The molecule has 0 amide bonds. The average molecular weight is 250 g/mol. The van der Waals surface area contributed by atoms with Gasteiger partial charge in [-0.2, -0.15) is 0 Å². The molecule has 3 saturated carbocycles. The first-order valence-electron chi connectivity index (χ1n) is 7.78. The van der Waals surface area contributed by atoms with Crippen molar-refractivity contribution in [2.75, 3.05) is 0 Å². The average Bonchev–Trinajstić information content (AvgIpc) is 2.85. The number of ketones is 2. The van der Waals surface area contributed by atoms with Crippen LogP contribution in [-0.4, -0.2) is 11.6 Å². The fraction of sp³-hybridized carbons (Fsp3) is 0.875. The van der Waals surface area contributed by atoms with E-state index in [0.717, 1.165) is 38.5 Å². The van der Waals surface area contributed by atoms with Gasteiger partial charge in [0, 0.05) is 24.7 Å². The van der Waals surface area contributed by atoms with Gasteiger partial charge in [0.25, 0.3) is 0 Å². The van der Waals surface area contributed by atoms with Gasteiger partial charge in [0.2, 0.25) is 0 Å². The SMILES string of the molecule is O=C1CCCCC1.O=C1CCCCC12CCCC2. The summed E-state index contributed by atoms with van der Waals surface area (Å²) in [4.78, 5) is 22.1. The number of hydrogen-bond acceptors (Lipinski definition) is 2. The van der Waals surface area contributed by atoms with E-state index in [4.69, 9.17) is 0 Å². The molecule has 0 saturated heterocycles. The smallest absolute Gasteiger partial charge is 0.139 e. The lowest BCUT2D eigenvalue weighted by atomic mass is 9.72. The Morgan fingerprint density at radius 1 is 0.611 bits per heavy atom. The van der Waals surface area contributed by atoms with Crippen molar-refractivity contribution < 1.29 is 9.59 Å². The fourth-order valence-electron chi connectivity index (χ4n) is 3.68. The number of hydrogen-bond donors (Lipinski definition) is 0. The van der Waals surface area contributed by atoms with Crippen molar-refractivity contribution in [3.8, 4) is 0 Å². The maximum absolute atomic E-state index is 11.6. The van der Waals surface area contributed by atoms with E-state index in [9.17, 15) is 9.59 Å². The Kier molecular flexibility index (Phi) is 4.96. The summed E-state index contributed by atoms with van der Waals surface area (Å²) in [5, 5.41) is 0. The topological polar surface area (TPSA) is 34.1 Å². The van der Waals surface area contributed by atoms with Crippen molar-refractivity contribution in [2.45, 2.75) is 83.5 Å². The van der Waals surface area contributed by atoms with Gasteiger partial charge in [-0.1, -0.05) is 25.7 Å². The first kappa shape index (κ1) is 13.8. The maximum atomic E-state index is 11.6. The molecule has 0 aromatic rings. The molecule has 3 aliphatic rings. The van der Waals surface area contributed by atoms with E-state index in [1.807, 2.05) is 0 Å². The monoisotopic (exact) mass is 250 g/mol. The first-order valence-corrected chi connectivity index (χ1v) is 7.78. The maximum Gasteiger partial charge on any atom is 0.139 e. The van der Waals surface area contributed by atoms with Crippen molar-refractivity contribution in [1.29, 1.82) is 0 Å². The summed E-state index contributed by atoms with van der Waals surface area (Å²) in [5.41, 5.74) is 0.193. The van der Waals surface area contributed by atoms with Crippen LogP contribution in [0.3, 0.4) is 0 Å². The molecule has 3 aliphatic carbocycles. The fourth-order valence-corrected chi connectivity index (χ4v) is 3.68. The second-order valence-corrected chi connectivity index (χ2v) is 6.22. The van der Waals surface area contributed by atoms with Crippen molar-refractivity contribution in [1.82, 2.24) is 0 Å². The van der Waals surface area contributed by atoms with Crippen LogP contribution in [0.15, 0.2) is 0 Å². The third kappa shape index (κ3) is 3.43. The number of rotatable bonds is 0. The van der Waals surface area contributed by atoms with Crippen LogP contribution < -0.4 is 0 Å². The van der Waals surface area contributed by atoms with E-state index in [-0.39, 0.29) is 5.41 Å². The number of carbonyl (C=O) groups is 2. The summed E-state index contributed by atoms with van der Waals surface area (Å²) in [6, 6.07) is 0. The summed E-state index contributed by atoms with van der Waals surface area (Å²) < 4.78 is 0. The molecule has 3 fully saturated rings. The van der Waals surface area contributed by atoms with Crippen molar-refractivity contribution in [3.63, 3.8) is 0 Å². The predicted molar refractivity (Wildman–Crippen MR) is 72.5 cm³/mol. The van der Waals surface area contributed by atoms with E-state index in [1.54, 1.807) is 0 Å². The molecule has 2 nitrogen and oxygen atoms in total. The lowest BCUT2D eigenvalue weighted by Crippen LogP contribution is -2.30. The van der Waals surface area contributed by atoms with Crippen molar-refractivity contribution in [3.05, 3.63) is 0 Å². The predicted octanol–water partition coefficient (Wildman–Crippen LogP) is 4.21. The molecule has 0 atom stereocenters. The van der Waals surface area contributed by atoms with Crippen LogP contribution >= 0.6 is 0 Å². The van der Waals surface area contributed by atoms with E-state index < -0.39 is 0 Å². The molecule has 0 aromatic heterocycles. The van der Waals surface area contributed by atoms with Crippen LogP contribution in [0.5, 0.6) is 0 Å². The van der Waals surface area contributed by atoms with E-state index in [1.165, 1.54) is 44.9 Å². The van der Waals surface area contributed by atoms with Crippen LogP contribution in [0, 0.1) is 5.41 Å². The molecule has 0 heterocycles. The molecular formula is C16H26O2. The van der Waals surface area contributed by atoms with Crippen LogP contribution in [-0.2, 0) is 9.59 Å². The standard InChI is InChI=1S/C10H16O.C6H10O/c11-9-5-1-2-6-10(9)7-3-4-8-10;7-6-4-2-1-3-5-6/h1-8H2;1-5H2. The summed E-state index contributed by atoms with van der Waals surface area (Å²) >= 11 is 0. The summed E-state index contributed by atoms with van der Waals surface area (Å²) in [7, 11) is 0.